The standard InChI is InChI=1S/C20H21N3O2S2/c1-13-18(27-12-21-13)20(24)23-9-7-14(8-10-23)19-22-16(11-26-19)15-5-3-4-6-17(15)25-2/h3-6,11-12,14H,7-10H2,1-2H3. The number of para-hydroxylation sites is 1. The van der Waals surface area contributed by atoms with E-state index in [0.717, 1.165) is 58.5 Å². The molecule has 1 saturated heterocycles. The van der Waals surface area contributed by atoms with Crippen molar-refractivity contribution in [1.82, 2.24) is 14.9 Å². The summed E-state index contributed by atoms with van der Waals surface area (Å²) in [7, 11) is 1.68. The van der Waals surface area contributed by atoms with E-state index in [-0.39, 0.29) is 5.91 Å². The zero-order chi connectivity index (χ0) is 18.8. The van der Waals surface area contributed by atoms with Gasteiger partial charge >= 0.3 is 0 Å². The van der Waals surface area contributed by atoms with Crippen LogP contribution in [-0.4, -0.2) is 41.0 Å². The van der Waals surface area contributed by atoms with Gasteiger partial charge in [0.1, 0.15) is 10.6 Å². The highest BCUT2D eigenvalue weighted by atomic mass is 32.1. The van der Waals surface area contributed by atoms with Crippen LogP contribution < -0.4 is 4.74 Å². The maximum Gasteiger partial charge on any atom is 0.265 e. The van der Waals surface area contributed by atoms with Crippen LogP contribution in [0.2, 0.25) is 0 Å². The maximum absolute atomic E-state index is 12.7. The van der Waals surface area contributed by atoms with Crippen molar-refractivity contribution in [3.63, 3.8) is 0 Å². The van der Waals surface area contributed by atoms with E-state index in [9.17, 15) is 4.79 Å². The molecular weight excluding hydrogens is 378 g/mol. The van der Waals surface area contributed by atoms with Gasteiger partial charge in [0, 0.05) is 30.0 Å². The van der Waals surface area contributed by atoms with Gasteiger partial charge in [-0.2, -0.15) is 0 Å². The number of nitrogens with zero attached hydrogens (tertiary/aromatic N) is 3. The number of aryl methyl sites for hydroxylation is 1. The number of aromatic nitrogens is 2. The summed E-state index contributed by atoms with van der Waals surface area (Å²) in [6.07, 6.45) is 1.89. The lowest BCUT2D eigenvalue weighted by Gasteiger charge is -2.30. The summed E-state index contributed by atoms with van der Waals surface area (Å²) in [5.41, 5.74) is 4.56. The molecule has 0 aliphatic carbocycles. The predicted molar refractivity (Wildman–Crippen MR) is 109 cm³/mol. The topological polar surface area (TPSA) is 55.3 Å². The number of thiazole rings is 2. The first-order chi connectivity index (χ1) is 13.2. The Morgan fingerprint density at radius 1 is 1.22 bits per heavy atom. The Hall–Kier alpha value is -2.25. The number of piperidine rings is 1. The molecule has 0 N–H and O–H groups in total. The highest BCUT2D eigenvalue weighted by Crippen LogP contribution is 2.36. The van der Waals surface area contributed by atoms with E-state index in [4.69, 9.17) is 9.72 Å². The summed E-state index contributed by atoms with van der Waals surface area (Å²) in [4.78, 5) is 24.4. The molecule has 7 heteroatoms. The Kier molecular flexibility index (Phi) is 5.22. The molecule has 0 spiro atoms. The highest BCUT2D eigenvalue weighted by molar-refractivity contribution is 7.11. The van der Waals surface area contributed by atoms with Crippen LogP contribution in [0.4, 0.5) is 0 Å². The Morgan fingerprint density at radius 2 is 2.00 bits per heavy atom. The summed E-state index contributed by atoms with van der Waals surface area (Å²) in [6.45, 7) is 3.43. The van der Waals surface area contributed by atoms with Crippen molar-refractivity contribution in [2.45, 2.75) is 25.7 Å². The molecule has 1 aliphatic heterocycles. The molecule has 27 heavy (non-hydrogen) atoms. The summed E-state index contributed by atoms with van der Waals surface area (Å²) >= 11 is 3.13. The van der Waals surface area contributed by atoms with E-state index in [1.54, 1.807) is 24.0 Å². The van der Waals surface area contributed by atoms with Crippen molar-refractivity contribution in [2.24, 2.45) is 0 Å². The molecule has 1 aromatic carbocycles. The fourth-order valence-electron chi connectivity index (χ4n) is 3.44. The van der Waals surface area contributed by atoms with Gasteiger partial charge in [0.05, 0.1) is 29.0 Å². The molecule has 140 valence electrons. The predicted octanol–water partition coefficient (Wildman–Crippen LogP) is 4.60. The molecule has 3 aromatic rings. The van der Waals surface area contributed by atoms with Gasteiger partial charge in [-0.1, -0.05) is 12.1 Å². The fraction of sp³-hybridized carbons (Fsp3) is 0.350. The molecule has 3 heterocycles. The Bertz CT molecular complexity index is 942. The number of amides is 1. The smallest absolute Gasteiger partial charge is 0.265 e. The van der Waals surface area contributed by atoms with Crippen LogP contribution in [0.25, 0.3) is 11.3 Å². The minimum absolute atomic E-state index is 0.113. The van der Waals surface area contributed by atoms with Crippen LogP contribution in [0.15, 0.2) is 35.2 Å². The molecule has 0 saturated carbocycles. The highest BCUT2D eigenvalue weighted by Gasteiger charge is 2.28. The van der Waals surface area contributed by atoms with E-state index in [1.807, 2.05) is 36.1 Å². The number of carbonyl (C=O) groups excluding carboxylic acids is 1. The minimum atomic E-state index is 0.113. The average molecular weight is 400 g/mol. The van der Waals surface area contributed by atoms with Gasteiger partial charge in [-0.15, -0.1) is 22.7 Å². The van der Waals surface area contributed by atoms with Crippen LogP contribution in [-0.2, 0) is 0 Å². The quantitative estimate of drug-likeness (QED) is 0.643. The van der Waals surface area contributed by atoms with Gasteiger partial charge in [-0.05, 0) is 31.9 Å². The third-order valence-corrected chi connectivity index (χ3v) is 6.90. The van der Waals surface area contributed by atoms with Gasteiger partial charge in [0.15, 0.2) is 0 Å². The maximum atomic E-state index is 12.7. The summed E-state index contributed by atoms with van der Waals surface area (Å²) < 4.78 is 5.46. The molecule has 1 amide bonds. The van der Waals surface area contributed by atoms with Crippen molar-refractivity contribution in [3.8, 4) is 17.0 Å². The van der Waals surface area contributed by atoms with Gasteiger partial charge in [0.25, 0.3) is 5.91 Å². The Labute approximate surface area is 166 Å². The number of methoxy groups -OCH3 is 1. The second-order valence-electron chi connectivity index (χ2n) is 6.60. The zero-order valence-corrected chi connectivity index (χ0v) is 17.0. The first-order valence-electron chi connectivity index (χ1n) is 8.95. The number of carbonyl (C=O) groups is 1. The van der Waals surface area contributed by atoms with Crippen molar-refractivity contribution in [1.29, 1.82) is 0 Å². The van der Waals surface area contributed by atoms with Crippen LogP contribution in [0.5, 0.6) is 5.75 Å². The first kappa shape index (κ1) is 18.1. The van der Waals surface area contributed by atoms with E-state index in [2.05, 4.69) is 10.4 Å². The number of hydrogen-bond acceptors (Lipinski definition) is 6. The molecule has 1 aliphatic rings. The molecule has 2 aromatic heterocycles. The van der Waals surface area contributed by atoms with Crippen molar-refractivity contribution in [2.75, 3.05) is 20.2 Å². The molecule has 0 radical (unpaired) electrons. The molecule has 5 nitrogen and oxygen atoms in total. The Morgan fingerprint density at radius 3 is 2.70 bits per heavy atom. The van der Waals surface area contributed by atoms with Gasteiger partial charge < -0.3 is 9.64 Å². The van der Waals surface area contributed by atoms with E-state index in [1.165, 1.54) is 11.3 Å². The SMILES string of the molecule is COc1ccccc1-c1csc(C2CCN(C(=O)c3scnc3C)CC2)n1. The van der Waals surface area contributed by atoms with E-state index >= 15 is 0 Å². The van der Waals surface area contributed by atoms with Gasteiger partial charge in [-0.3, -0.25) is 4.79 Å². The zero-order valence-electron chi connectivity index (χ0n) is 15.3. The summed E-state index contributed by atoms with van der Waals surface area (Å²) in [5.74, 6) is 1.36. The van der Waals surface area contributed by atoms with E-state index < -0.39 is 0 Å². The number of likely N-dealkylation sites (tertiary alicyclic amines) is 1. The molecular formula is C20H21N3O2S2. The normalized spacial score (nSPS) is 15.1. The first-order valence-corrected chi connectivity index (χ1v) is 10.7. The lowest BCUT2D eigenvalue weighted by Crippen LogP contribution is -2.37. The van der Waals surface area contributed by atoms with Crippen LogP contribution in [0.3, 0.4) is 0 Å². The molecule has 0 bridgehead atoms. The second-order valence-corrected chi connectivity index (χ2v) is 8.35. The third-order valence-electron chi connectivity index (χ3n) is 4.98. The lowest BCUT2D eigenvalue weighted by molar-refractivity contribution is 0.0717. The van der Waals surface area contributed by atoms with Gasteiger partial charge in [0.2, 0.25) is 0 Å². The van der Waals surface area contributed by atoms with Crippen molar-refractivity contribution in [3.05, 3.63) is 50.7 Å². The largest absolute Gasteiger partial charge is 0.496 e. The van der Waals surface area contributed by atoms with Crippen molar-refractivity contribution >= 4 is 28.6 Å². The minimum Gasteiger partial charge on any atom is -0.496 e. The number of benzene rings is 1. The number of hydrogen-bond donors (Lipinski definition) is 0. The van der Waals surface area contributed by atoms with Crippen LogP contribution >= 0.6 is 22.7 Å². The van der Waals surface area contributed by atoms with Crippen LogP contribution in [0.1, 0.15) is 39.1 Å². The second kappa shape index (κ2) is 7.78. The number of rotatable bonds is 4. The monoisotopic (exact) mass is 399 g/mol. The van der Waals surface area contributed by atoms with Crippen molar-refractivity contribution < 1.29 is 9.53 Å². The van der Waals surface area contributed by atoms with Gasteiger partial charge in [-0.25, -0.2) is 9.97 Å². The number of ether oxygens (including phenoxy) is 1. The molecule has 0 unspecified atom stereocenters. The average Bonchev–Trinajstić information content (AvgIpc) is 3.37. The molecule has 0 atom stereocenters. The third kappa shape index (κ3) is 3.61. The van der Waals surface area contributed by atoms with Crippen LogP contribution in [0, 0.1) is 6.92 Å². The van der Waals surface area contributed by atoms with E-state index in [0.29, 0.717) is 5.92 Å². The summed E-state index contributed by atoms with van der Waals surface area (Å²) in [5, 5.41) is 3.25. The lowest BCUT2D eigenvalue weighted by atomic mass is 9.97. The molecule has 1 fully saturated rings. The Balaban J connectivity index is 1.44. The fourth-order valence-corrected chi connectivity index (χ4v) is 5.20. The molecule has 4 rings (SSSR count). The summed E-state index contributed by atoms with van der Waals surface area (Å²) in [6, 6.07) is 7.96.